The molecule has 2 aliphatic heterocycles. The quantitative estimate of drug-likeness (QED) is 0.252. The summed E-state index contributed by atoms with van der Waals surface area (Å²) in [4.78, 5) is 31.5. The van der Waals surface area contributed by atoms with Crippen molar-refractivity contribution in [1.82, 2.24) is 14.7 Å². The molecule has 8 heteroatoms. The number of nitrogens with zero attached hydrogens (tertiary/aromatic N) is 4. The maximum Gasteiger partial charge on any atom is 0.242 e. The van der Waals surface area contributed by atoms with E-state index in [1.807, 2.05) is 46.0 Å². The number of amides is 2. The van der Waals surface area contributed by atoms with Gasteiger partial charge in [0.1, 0.15) is 18.1 Å². The molecule has 6 rings (SSSR count). The smallest absolute Gasteiger partial charge is 0.242 e. The van der Waals surface area contributed by atoms with E-state index in [1.165, 1.54) is 0 Å². The number of carbonyl (C=O) groups excluding carboxylic acids is 2. The molecule has 4 aromatic rings. The lowest BCUT2D eigenvalue weighted by atomic mass is 9.98. The number of methoxy groups -OCH3 is 1. The molecule has 43 heavy (non-hydrogen) atoms. The number of hydrogen-bond donors (Lipinski definition) is 0. The van der Waals surface area contributed by atoms with Gasteiger partial charge < -0.3 is 9.64 Å². The van der Waals surface area contributed by atoms with E-state index in [-0.39, 0.29) is 29.4 Å². The van der Waals surface area contributed by atoms with Crippen molar-refractivity contribution in [1.29, 1.82) is 0 Å². The lowest BCUT2D eigenvalue weighted by molar-refractivity contribution is -0.132. The lowest BCUT2D eigenvalue weighted by Crippen LogP contribution is -2.46. The number of carbonyl (C=O) groups is 2. The third-order valence-electron chi connectivity index (χ3n) is 8.57. The Morgan fingerprint density at radius 3 is 2.44 bits per heavy atom. The summed E-state index contributed by atoms with van der Waals surface area (Å²) in [6.07, 6.45) is 1.96. The monoisotopic (exact) mass is 594 g/mol. The van der Waals surface area contributed by atoms with Gasteiger partial charge in [-0.25, -0.2) is 4.68 Å². The van der Waals surface area contributed by atoms with Crippen LogP contribution in [0.25, 0.3) is 16.9 Å². The third kappa shape index (κ3) is 5.68. The first-order chi connectivity index (χ1) is 20.9. The average molecular weight is 595 g/mol. The molecule has 2 aliphatic rings. The van der Waals surface area contributed by atoms with Gasteiger partial charge in [-0.05, 0) is 50.3 Å². The standard InChI is InChI=1S/C35H38N4O3S/c1-23-16-18-37(19-17-23)30(40)21-38-31(41)22-43-34(27-12-8-9-13-29(27)42-4)32-33(26-10-6-5-7-11-26)36-39(35(32)38)28-15-14-24(2)20-25(28)3/h5-15,20,23,34H,16-19,21-22H2,1-4H3/t34-/m0/s1. The molecule has 1 fully saturated rings. The second-order valence-corrected chi connectivity index (χ2v) is 12.7. The molecule has 3 heterocycles. The molecule has 2 amide bonds. The summed E-state index contributed by atoms with van der Waals surface area (Å²) < 4.78 is 7.72. The predicted octanol–water partition coefficient (Wildman–Crippen LogP) is 6.59. The molecule has 0 bridgehead atoms. The van der Waals surface area contributed by atoms with E-state index < -0.39 is 0 Å². The van der Waals surface area contributed by atoms with Crippen LogP contribution in [0, 0.1) is 19.8 Å². The molecule has 1 saturated heterocycles. The minimum Gasteiger partial charge on any atom is -0.496 e. The second kappa shape index (κ2) is 12.3. The van der Waals surface area contributed by atoms with Crippen molar-refractivity contribution >= 4 is 29.4 Å². The highest BCUT2D eigenvalue weighted by Crippen LogP contribution is 2.50. The summed E-state index contributed by atoms with van der Waals surface area (Å²) in [5, 5.41) is 5.00. The first kappa shape index (κ1) is 29.1. The van der Waals surface area contributed by atoms with E-state index in [0.29, 0.717) is 11.7 Å². The van der Waals surface area contributed by atoms with Gasteiger partial charge in [0.15, 0.2) is 0 Å². The summed E-state index contributed by atoms with van der Waals surface area (Å²) in [7, 11) is 1.67. The van der Waals surface area contributed by atoms with Crippen LogP contribution in [-0.4, -0.2) is 59.0 Å². The van der Waals surface area contributed by atoms with Gasteiger partial charge in [0.05, 0.1) is 29.5 Å². The topological polar surface area (TPSA) is 67.7 Å². The zero-order valence-electron chi connectivity index (χ0n) is 25.2. The molecule has 0 unspecified atom stereocenters. The SMILES string of the molecule is COc1ccccc1[C@@H]1SCC(=O)N(CC(=O)N2CCC(C)CC2)c2c1c(-c1ccccc1)nn2-c1ccc(C)cc1C. The lowest BCUT2D eigenvalue weighted by Gasteiger charge is -2.32. The molecule has 7 nitrogen and oxygen atoms in total. The van der Waals surface area contributed by atoms with Crippen LogP contribution >= 0.6 is 11.8 Å². The summed E-state index contributed by atoms with van der Waals surface area (Å²) in [6.45, 7) is 7.78. The number of para-hydroxylation sites is 1. The maximum absolute atomic E-state index is 14.1. The summed E-state index contributed by atoms with van der Waals surface area (Å²) in [5.74, 6) is 2.10. The van der Waals surface area contributed by atoms with Crippen molar-refractivity contribution in [2.45, 2.75) is 38.9 Å². The molecule has 1 aromatic heterocycles. The number of hydrogen-bond acceptors (Lipinski definition) is 5. The fraction of sp³-hybridized carbons (Fsp3) is 0.343. The van der Waals surface area contributed by atoms with E-state index in [2.05, 4.69) is 57.2 Å². The Labute approximate surface area is 257 Å². The van der Waals surface area contributed by atoms with Crippen LogP contribution in [0.15, 0.2) is 72.8 Å². The Hall–Kier alpha value is -4.04. The van der Waals surface area contributed by atoms with E-state index >= 15 is 0 Å². The Morgan fingerprint density at radius 1 is 1.00 bits per heavy atom. The van der Waals surface area contributed by atoms with Crippen LogP contribution < -0.4 is 9.64 Å². The van der Waals surface area contributed by atoms with E-state index in [9.17, 15) is 9.59 Å². The molecular formula is C35H38N4O3S. The Kier molecular flexibility index (Phi) is 8.30. The zero-order valence-corrected chi connectivity index (χ0v) is 26.1. The number of benzene rings is 3. The van der Waals surface area contributed by atoms with Crippen LogP contribution in [0.2, 0.25) is 0 Å². The van der Waals surface area contributed by atoms with Gasteiger partial charge >= 0.3 is 0 Å². The van der Waals surface area contributed by atoms with E-state index in [4.69, 9.17) is 9.84 Å². The molecular weight excluding hydrogens is 556 g/mol. The maximum atomic E-state index is 14.1. The summed E-state index contributed by atoms with van der Waals surface area (Å²) >= 11 is 1.56. The molecule has 0 aliphatic carbocycles. The fourth-order valence-electron chi connectivity index (χ4n) is 6.16. The number of ether oxygens (including phenoxy) is 1. The minimum absolute atomic E-state index is 0.0236. The molecule has 0 N–H and O–H groups in total. The zero-order chi connectivity index (χ0) is 30.1. The molecule has 0 saturated carbocycles. The van der Waals surface area contributed by atoms with Crippen molar-refractivity contribution in [3.05, 3.63) is 95.1 Å². The van der Waals surface area contributed by atoms with Crippen LogP contribution in [0.5, 0.6) is 5.75 Å². The van der Waals surface area contributed by atoms with Crippen LogP contribution in [0.1, 0.15) is 47.3 Å². The van der Waals surface area contributed by atoms with Crippen LogP contribution in [-0.2, 0) is 9.59 Å². The largest absolute Gasteiger partial charge is 0.496 e. The van der Waals surface area contributed by atoms with E-state index in [1.54, 1.807) is 23.8 Å². The average Bonchev–Trinajstić information content (AvgIpc) is 3.33. The number of rotatable bonds is 6. The Balaban J connectivity index is 1.60. The van der Waals surface area contributed by atoms with Gasteiger partial charge in [0.25, 0.3) is 0 Å². The molecule has 1 atom stereocenters. The van der Waals surface area contributed by atoms with Gasteiger partial charge in [-0.2, -0.15) is 5.10 Å². The van der Waals surface area contributed by atoms with Gasteiger partial charge in [0.2, 0.25) is 11.8 Å². The van der Waals surface area contributed by atoms with Crippen molar-refractivity contribution in [3.8, 4) is 22.7 Å². The molecule has 0 spiro atoms. The minimum atomic E-state index is -0.249. The number of fused-ring (bicyclic) bond motifs is 1. The number of thioether (sulfide) groups is 1. The number of aromatic nitrogens is 2. The predicted molar refractivity (Wildman–Crippen MR) is 173 cm³/mol. The fourth-order valence-corrected chi connectivity index (χ4v) is 7.38. The highest BCUT2D eigenvalue weighted by atomic mass is 32.2. The third-order valence-corrected chi connectivity index (χ3v) is 9.80. The normalized spacial score (nSPS) is 17.5. The summed E-state index contributed by atoms with van der Waals surface area (Å²) in [5.41, 5.74) is 6.69. The highest BCUT2D eigenvalue weighted by molar-refractivity contribution is 8.00. The highest BCUT2D eigenvalue weighted by Gasteiger charge is 2.39. The number of piperidine rings is 1. The van der Waals surface area contributed by atoms with Gasteiger partial charge in [-0.1, -0.05) is 73.2 Å². The van der Waals surface area contributed by atoms with Crippen molar-refractivity contribution in [2.75, 3.05) is 37.4 Å². The Morgan fingerprint density at radius 2 is 1.72 bits per heavy atom. The van der Waals surface area contributed by atoms with Crippen LogP contribution in [0.4, 0.5) is 5.82 Å². The Bertz CT molecular complexity index is 1640. The molecule has 3 aromatic carbocycles. The first-order valence-electron chi connectivity index (χ1n) is 14.9. The number of aryl methyl sites for hydroxylation is 2. The van der Waals surface area contributed by atoms with Crippen molar-refractivity contribution < 1.29 is 14.3 Å². The van der Waals surface area contributed by atoms with Gasteiger partial charge in [-0.15, -0.1) is 11.8 Å². The van der Waals surface area contributed by atoms with Gasteiger partial charge in [0, 0.05) is 29.8 Å². The summed E-state index contributed by atoms with van der Waals surface area (Å²) in [6, 6.07) is 24.3. The molecule has 222 valence electrons. The second-order valence-electron chi connectivity index (χ2n) is 11.6. The number of anilines is 1. The number of likely N-dealkylation sites (tertiary alicyclic amines) is 1. The first-order valence-corrected chi connectivity index (χ1v) is 16.0. The van der Waals surface area contributed by atoms with Crippen LogP contribution in [0.3, 0.4) is 0 Å². The van der Waals surface area contributed by atoms with Gasteiger partial charge in [-0.3, -0.25) is 14.5 Å². The molecule has 0 radical (unpaired) electrons. The van der Waals surface area contributed by atoms with E-state index in [0.717, 1.165) is 70.9 Å². The van der Waals surface area contributed by atoms with Crippen molar-refractivity contribution in [2.24, 2.45) is 5.92 Å². The van der Waals surface area contributed by atoms with Crippen molar-refractivity contribution in [3.63, 3.8) is 0 Å².